The van der Waals surface area contributed by atoms with Gasteiger partial charge >= 0.3 is 0 Å². The van der Waals surface area contributed by atoms with Gasteiger partial charge in [-0.25, -0.2) is 9.38 Å². The van der Waals surface area contributed by atoms with E-state index in [0.29, 0.717) is 23.1 Å². The summed E-state index contributed by atoms with van der Waals surface area (Å²) in [6.07, 6.45) is 10.8. The number of nitrogens with zero attached hydrogens (tertiary/aromatic N) is 1. The molecular weight excluding hydrogens is 313 g/mol. The molecule has 2 aliphatic rings. The summed E-state index contributed by atoms with van der Waals surface area (Å²) in [5.41, 5.74) is 5.21. The number of hydrogen-bond acceptors (Lipinski definition) is 2. The molecule has 0 amide bonds. The van der Waals surface area contributed by atoms with E-state index in [-0.39, 0.29) is 0 Å². The number of carbonyl (C=O) groups is 1. The molecule has 0 N–H and O–H groups in total. The Morgan fingerprint density at radius 3 is 2.72 bits per heavy atom. The Morgan fingerprint density at radius 1 is 1.00 bits per heavy atom. The maximum Gasteiger partial charge on any atom is 0.150 e. The van der Waals surface area contributed by atoms with E-state index >= 15 is 0 Å². The second-order valence-corrected chi connectivity index (χ2v) is 6.09. The fourth-order valence-electron chi connectivity index (χ4n) is 3.18. The molecule has 0 saturated carbocycles. The van der Waals surface area contributed by atoms with Crippen molar-refractivity contribution < 1.29 is 9.18 Å². The molecule has 25 heavy (non-hydrogen) atoms. The summed E-state index contributed by atoms with van der Waals surface area (Å²) in [6, 6.07) is 12.3. The van der Waals surface area contributed by atoms with Crippen LogP contribution < -0.4 is 0 Å². The smallest absolute Gasteiger partial charge is 0.150 e. The third-order valence-electron chi connectivity index (χ3n) is 4.48. The van der Waals surface area contributed by atoms with Gasteiger partial charge in [-0.15, -0.1) is 0 Å². The molecule has 1 aliphatic heterocycles. The quantitative estimate of drug-likeness (QED) is 0.704. The molecule has 0 atom stereocenters. The molecule has 122 valence electrons. The molecular formula is C22H16FNO. The van der Waals surface area contributed by atoms with Crippen LogP contribution in [0.4, 0.5) is 4.39 Å². The molecule has 0 aromatic heterocycles. The topological polar surface area (TPSA) is 29.4 Å². The van der Waals surface area contributed by atoms with E-state index in [9.17, 15) is 9.18 Å². The zero-order valence-electron chi connectivity index (χ0n) is 13.6. The lowest BCUT2D eigenvalue weighted by atomic mass is 9.92. The Balaban J connectivity index is 1.97. The lowest BCUT2D eigenvalue weighted by molar-refractivity contribution is 0.112. The number of rotatable bonds is 2. The number of aliphatic imine (C=N–C) groups is 1. The summed E-state index contributed by atoms with van der Waals surface area (Å²) in [7, 11) is 0. The summed E-state index contributed by atoms with van der Waals surface area (Å²) >= 11 is 0. The molecule has 0 fully saturated rings. The van der Waals surface area contributed by atoms with E-state index in [1.54, 1.807) is 12.1 Å². The van der Waals surface area contributed by atoms with Crippen molar-refractivity contribution in [1.82, 2.24) is 0 Å². The summed E-state index contributed by atoms with van der Waals surface area (Å²) in [4.78, 5) is 15.7. The molecule has 2 aromatic carbocycles. The van der Waals surface area contributed by atoms with Crippen LogP contribution >= 0.6 is 0 Å². The van der Waals surface area contributed by atoms with E-state index in [2.05, 4.69) is 18.2 Å². The van der Waals surface area contributed by atoms with Gasteiger partial charge in [-0.2, -0.15) is 0 Å². The van der Waals surface area contributed by atoms with E-state index < -0.39 is 5.82 Å². The maximum absolute atomic E-state index is 14.7. The van der Waals surface area contributed by atoms with Gasteiger partial charge in [0.1, 0.15) is 12.1 Å². The molecule has 0 bridgehead atoms. The average molecular weight is 329 g/mol. The first-order valence-electron chi connectivity index (χ1n) is 8.27. The summed E-state index contributed by atoms with van der Waals surface area (Å²) in [5.74, 6) is -0.440. The molecule has 0 radical (unpaired) electrons. The lowest BCUT2D eigenvalue weighted by Crippen LogP contribution is -2.10. The van der Waals surface area contributed by atoms with Gasteiger partial charge in [0.15, 0.2) is 0 Å². The van der Waals surface area contributed by atoms with Gasteiger partial charge in [0.05, 0.1) is 11.4 Å². The first-order valence-corrected chi connectivity index (χ1v) is 8.27. The lowest BCUT2D eigenvalue weighted by Gasteiger charge is -2.17. The van der Waals surface area contributed by atoms with Gasteiger partial charge in [0.25, 0.3) is 0 Å². The Morgan fingerprint density at radius 2 is 1.88 bits per heavy atom. The van der Waals surface area contributed by atoms with Crippen molar-refractivity contribution in [3.8, 4) is 0 Å². The molecule has 0 unspecified atom stereocenters. The van der Waals surface area contributed by atoms with Gasteiger partial charge in [-0.1, -0.05) is 48.6 Å². The van der Waals surface area contributed by atoms with Gasteiger partial charge in [0.2, 0.25) is 0 Å². The van der Waals surface area contributed by atoms with E-state index in [1.165, 1.54) is 6.07 Å². The number of hydrogen-bond donors (Lipinski definition) is 0. The third kappa shape index (κ3) is 2.89. The number of benzene rings is 2. The van der Waals surface area contributed by atoms with Crippen LogP contribution in [0.3, 0.4) is 0 Å². The van der Waals surface area contributed by atoms with Crippen LogP contribution in [0, 0.1) is 5.82 Å². The van der Waals surface area contributed by atoms with Crippen LogP contribution in [0.15, 0.2) is 77.0 Å². The van der Waals surface area contributed by atoms with Crippen molar-refractivity contribution >= 4 is 18.1 Å². The van der Waals surface area contributed by atoms with Crippen molar-refractivity contribution in [3.05, 3.63) is 100 Å². The normalized spacial score (nSPS) is 19.2. The summed E-state index contributed by atoms with van der Waals surface area (Å²) < 4.78 is 14.7. The van der Waals surface area contributed by atoms with E-state index in [4.69, 9.17) is 4.99 Å². The zero-order valence-corrected chi connectivity index (χ0v) is 13.6. The zero-order chi connectivity index (χ0) is 17.2. The molecule has 0 spiro atoms. The predicted octanol–water partition coefficient (Wildman–Crippen LogP) is 5.11. The van der Waals surface area contributed by atoms with Crippen LogP contribution in [0.25, 0.3) is 6.08 Å². The minimum absolute atomic E-state index is 0.318. The number of fused-ring (bicyclic) bond motifs is 1. The molecule has 4 rings (SSSR count). The van der Waals surface area contributed by atoms with Crippen LogP contribution in [0.5, 0.6) is 0 Å². The highest BCUT2D eigenvalue weighted by Crippen LogP contribution is 2.28. The SMILES string of the molecule is O=Cc1ccc(/C2=N/C3=C(/C=C\c4ccccc42)CCC=C3)c(F)c1. The highest BCUT2D eigenvalue weighted by molar-refractivity contribution is 6.15. The van der Waals surface area contributed by atoms with E-state index in [0.717, 1.165) is 35.2 Å². The van der Waals surface area contributed by atoms with Crippen molar-refractivity contribution in [1.29, 1.82) is 0 Å². The molecule has 1 heterocycles. The highest BCUT2D eigenvalue weighted by Gasteiger charge is 2.18. The predicted molar refractivity (Wildman–Crippen MR) is 98.3 cm³/mol. The number of allylic oxidation sites excluding steroid dienone is 4. The van der Waals surface area contributed by atoms with Crippen molar-refractivity contribution in [2.45, 2.75) is 12.8 Å². The highest BCUT2D eigenvalue weighted by atomic mass is 19.1. The Labute approximate surface area is 145 Å². The number of halogens is 1. The second-order valence-electron chi connectivity index (χ2n) is 6.09. The summed E-state index contributed by atoms with van der Waals surface area (Å²) in [6.45, 7) is 0. The first-order chi connectivity index (χ1) is 12.3. The van der Waals surface area contributed by atoms with Gasteiger partial charge in [-0.05, 0) is 42.2 Å². The standard InChI is InChI=1S/C22H16FNO/c23-20-13-15(14-25)9-12-19(20)22-18-7-3-1-5-16(18)10-11-17-6-2-4-8-21(17)24-22/h1,3-5,7-14H,2,6H2/b11-10-,16-10?,17-11?,22-18?,24-21?,24-22+. The number of aldehydes is 1. The minimum atomic E-state index is -0.440. The first kappa shape index (κ1) is 15.5. The molecule has 1 aliphatic carbocycles. The van der Waals surface area contributed by atoms with Crippen molar-refractivity contribution in [2.24, 2.45) is 4.99 Å². The second kappa shape index (κ2) is 6.44. The van der Waals surface area contributed by atoms with Crippen LogP contribution in [0.2, 0.25) is 0 Å². The van der Waals surface area contributed by atoms with Gasteiger partial charge < -0.3 is 0 Å². The molecule has 0 saturated heterocycles. The Hall–Kier alpha value is -3.07. The molecule has 2 aromatic rings. The minimum Gasteiger partial charge on any atom is -0.298 e. The van der Waals surface area contributed by atoms with Crippen LogP contribution in [-0.4, -0.2) is 12.0 Å². The van der Waals surface area contributed by atoms with E-state index in [1.807, 2.05) is 30.3 Å². The molecule has 2 nitrogen and oxygen atoms in total. The van der Waals surface area contributed by atoms with Gasteiger partial charge in [-0.3, -0.25) is 4.79 Å². The van der Waals surface area contributed by atoms with Crippen molar-refractivity contribution in [3.63, 3.8) is 0 Å². The Bertz CT molecular complexity index is 979. The monoisotopic (exact) mass is 329 g/mol. The van der Waals surface area contributed by atoms with Crippen molar-refractivity contribution in [2.75, 3.05) is 0 Å². The average Bonchev–Trinajstić information content (AvgIpc) is 2.64. The third-order valence-corrected chi connectivity index (χ3v) is 4.48. The number of carbonyl (C=O) groups excluding carboxylic acids is 1. The largest absolute Gasteiger partial charge is 0.298 e. The van der Waals surface area contributed by atoms with Crippen LogP contribution in [0.1, 0.15) is 39.9 Å². The summed E-state index contributed by atoms with van der Waals surface area (Å²) in [5, 5.41) is 0. The molecule has 3 heteroatoms. The maximum atomic E-state index is 14.7. The van der Waals surface area contributed by atoms with Crippen LogP contribution in [-0.2, 0) is 0 Å². The van der Waals surface area contributed by atoms with Gasteiger partial charge in [0, 0.05) is 16.7 Å². The fourth-order valence-corrected chi connectivity index (χ4v) is 3.18. The Kier molecular flexibility index (Phi) is 3.98. The fraction of sp³-hybridized carbons (Fsp3) is 0.0909.